The summed E-state index contributed by atoms with van der Waals surface area (Å²) in [6.45, 7) is 6.46. The van der Waals surface area contributed by atoms with Gasteiger partial charge in [0.15, 0.2) is 5.82 Å². The first-order valence-corrected chi connectivity index (χ1v) is 19.1. The van der Waals surface area contributed by atoms with Crippen molar-refractivity contribution in [1.82, 2.24) is 24.1 Å². The number of carbonyl (C=O) groups is 1. The van der Waals surface area contributed by atoms with E-state index in [0.717, 1.165) is 67.7 Å². The van der Waals surface area contributed by atoms with Gasteiger partial charge in [-0.05, 0) is 120 Å². The largest absolute Gasteiger partial charge is 0.338 e. The molecule has 3 fully saturated rings. The van der Waals surface area contributed by atoms with Crippen molar-refractivity contribution in [3.05, 3.63) is 95.1 Å². The zero-order valence-corrected chi connectivity index (χ0v) is 29.5. The molecule has 3 saturated heterocycles. The van der Waals surface area contributed by atoms with E-state index in [1.807, 2.05) is 12.1 Å². The number of imidazole rings is 1. The molecule has 0 saturated carbocycles. The van der Waals surface area contributed by atoms with E-state index in [-0.39, 0.29) is 18.9 Å². The molecule has 3 aliphatic heterocycles. The number of amides is 1. The summed E-state index contributed by atoms with van der Waals surface area (Å²) in [6, 6.07) is 17.3. The van der Waals surface area contributed by atoms with Crippen molar-refractivity contribution in [2.24, 2.45) is 0 Å². The minimum atomic E-state index is -4.31. The molecular formula is C38H44F3N5O3S. The van der Waals surface area contributed by atoms with Crippen LogP contribution in [0.15, 0.2) is 65.6 Å². The van der Waals surface area contributed by atoms with Crippen LogP contribution in [0.3, 0.4) is 0 Å². The van der Waals surface area contributed by atoms with Gasteiger partial charge in [0.05, 0.1) is 11.0 Å². The summed E-state index contributed by atoms with van der Waals surface area (Å²) in [5, 5.41) is 0. The first-order chi connectivity index (χ1) is 23.9. The van der Waals surface area contributed by atoms with Crippen LogP contribution in [0, 0.1) is 24.4 Å². The van der Waals surface area contributed by atoms with Crippen molar-refractivity contribution in [2.75, 3.05) is 19.6 Å². The summed E-state index contributed by atoms with van der Waals surface area (Å²) >= 11 is 0. The summed E-state index contributed by atoms with van der Waals surface area (Å²) in [4.78, 5) is 21.7. The summed E-state index contributed by atoms with van der Waals surface area (Å²) in [5.41, 5.74) is 1.73. The molecule has 3 aromatic carbocycles. The molecule has 0 aliphatic carbocycles. The molecule has 266 valence electrons. The predicted molar refractivity (Wildman–Crippen MR) is 186 cm³/mol. The van der Waals surface area contributed by atoms with Crippen molar-refractivity contribution in [2.45, 2.75) is 100 Å². The highest BCUT2D eigenvalue weighted by Crippen LogP contribution is 2.45. The molecule has 1 N–H and O–H groups in total. The first-order valence-electron chi connectivity index (χ1n) is 17.6. The third-order valence-corrected chi connectivity index (χ3v) is 12.9. The van der Waals surface area contributed by atoms with Crippen LogP contribution >= 0.6 is 0 Å². The van der Waals surface area contributed by atoms with Gasteiger partial charge in [0, 0.05) is 37.3 Å². The summed E-state index contributed by atoms with van der Waals surface area (Å²) in [6.07, 6.45) is 6.02. The quantitative estimate of drug-likeness (QED) is 0.205. The lowest BCUT2D eigenvalue weighted by Gasteiger charge is -2.45. The monoisotopic (exact) mass is 707 g/mol. The van der Waals surface area contributed by atoms with Crippen molar-refractivity contribution < 1.29 is 26.4 Å². The average Bonchev–Trinajstić information content (AvgIpc) is 3.53. The zero-order chi connectivity index (χ0) is 35.4. The Morgan fingerprint density at radius 1 is 0.960 bits per heavy atom. The molecule has 2 bridgehead atoms. The minimum Gasteiger partial charge on any atom is -0.338 e. The second-order valence-electron chi connectivity index (χ2n) is 14.6. The van der Waals surface area contributed by atoms with Crippen molar-refractivity contribution in [3.63, 3.8) is 0 Å². The highest BCUT2D eigenvalue weighted by atomic mass is 32.2. The number of halogens is 3. The van der Waals surface area contributed by atoms with Crippen LogP contribution in [0.1, 0.15) is 86.6 Å². The number of piperidine rings is 2. The molecule has 1 amide bonds. The van der Waals surface area contributed by atoms with Crippen LogP contribution in [0.2, 0.25) is 0 Å². The van der Waals surface area contributed by atoms with Gasteiger partial charge in [0.1, 0.15) is 27.9 Å². The van der Waals surface area contributed by atoms with E-state index in [2.05, 4.69) is 39.3 Å². The molecule has 0 spiro atoms. The van der Waals surface area contributed by atoms with Crippen molar-refractivity contribution in [1.29, 1.82) is 0 Å². The highest BCUT2D eigenvalue weighted by molar-refractivity contribution is 7.89. The Bertz CT molecular complexity index is 2010. The number of sulfonamides is 1. The maximum Gasteiger partial charge on any atom is 0.259 e. The Kier molecular flexibility index (Phi) is 9.32. The number of carbonyl (C=O) groups excluding carboxylic acids is 1. The van der Waals surface area contributed by atoms with Crippen LogP contribution in [0.25, 0.3) is 11.0 Å². The minimum absolute atomic E-state index is 0.192. The van der Waals surface area contributed by atoms with Crippen LogP contribution < -0.4 is 4.72 Å². The van der Waals surface area contributed by atoms with Gasteiger partial charge in [0.25, 0.3) is 5.91 Å². The molecule has 8 nitrogen and oxygen atoms in total. The predicted octanol–water partition coefficient (Wildman–Crippen LogP) is 6.88. The molecule has 7 rings (SSSR count). The lowest BCUT2D eigenvalue weighted by Crippen LogP contribution is -2.49. The fourth-order valence-corrected chi connectivity index (χ4v) is 10.2. The Balaban J connectivity index is 1.09. The van der Waals surface area contributed by atoms with E-state index in [4.69, 9.17) is 4.98 Å². The smallest absolute Gasteiger partial charge is 0.259 e. The third kappa shape index (κ3) is 6.34. The van der Waals surface area contributed by atoms with E-state index >= 15 is 8.78 Å². The Hall–Kier alpha value is -3.74. The molecule has 1 unspecified atom stereocenters. The Morgan fingerprint density at radius 2 is 1.66 bits per heavy atom. The Labute approximate surface area is 291 Å². The van der Waals surface area contributed by atoms with Crippen LogP contribution in [-0.4, -0.2) is 71.4 Å². The Morgan fingerprint density at radius 3 is 2.34 bits per heavy atom. The number of fused-ring (bicyclic) bond motifs is 3. The molecule has 0 radical (unpaired) electrons. The van der Waals surface area contributed by atoms with Gasteiger partial charge in [0.2, 0.25) is 10.0 Å². The number of aryl methyl sites for hydroxylation is 1. The molecule has 4 aromatic rings. The fourth-order valence-electron chi connectivity index (χ4n) is 8.90. The second-order valence-corrected chi connectivity index (χ2v) is 16.3. The fraction of sp³-hybridized carbons (Fsp3) is 0.474. The van der Waals surface area contributed by atoms with E-state index < -0.39 is 49.5 Å². The number of rotatable bonds is 9. The van der Waals surface area contributed by atoms with E-state index in [1.54, 1.807) is 26.0 Å². The molecular weight excluding hydrogens is 664 g/mol. The number of nitrogens with zero attached hydrogens (tertiary/aromatic N) is 4. The van der Waals surface area contributed by atoms with E-state index in [9.17, 15) is 17.6 Å². The number of benzene rings is 3. The number of hydrogen-bond donors (Lipinski definition) is 1. The lowest BCUT2D eigenvalue weighted by atomic mass is 9.70. The van der Waals surface area contributed by atoms with Gasteiger partial charge in [-0.2, -0.15) is 0 Å². The number of nitrogens with one attached hydrogen (secondary N) is 1. The van der Waals surface area contributed by atoms with Crippen LogP contribution in [0.4, 0.5) is 13.2 Å². The molecule has 3 atom stereocenters. The summed E-state index contributed by atoms with van der Waals surface area (Å²) in [7, 11) is -4.31. The van der Waals surface area contributed by atoms with E-state index in [1.165, 1.54) is 16.5 Å². The number of likely N-dealkylation sites (tertiary alicyclic amines) is 1. The van der Waals surface area contributed by atoms with E-state index in [0.29, 0.717) is 31.0 Å². The SMILES string of the molecule is Cc1nc2ccccc2n1C1C[C@H]2CC[C@@H](C1)N2CCC1(c2cccc(F)c2)CCN(C(=O)c2c(F)ccc(S(=O)(=O)NC(C)C)c2F)CC1. The summed E-state index contributed by atoms with van der Waals surface area (Å²) < 4.78 is 75.5. The van der Waals surface area contributed by atoms with Gasteiger partial charge < -0.3 is 9.47 Å². The van der Waals surface area contributed by atoms with Crippen molar-refractivity contribution in [3.8, 4) is 0 Å². The van der Waals surface area contributed by atoms with Gasteiger partial charge in [-0.15, -0.1) is 0 Å². The number of hydrogen-bond acceptors (Lipinski definition) is 5. The maximum absolute atomic E-state index is 15.6. The van der Waals surface area contributed by atoms with Crippen LogP contribution in [0.5, 0.6) is 0 Å². The third-order valence-electron chi connectivity index (χ3n) is 11.2. The zero-order valence-electron chi connectivity index (χ0n) is 28.7. The number of aromatic nitrogens is 2. The van der Waals surface area contributed by atoms with Gasteiger partial charge >= 0.3 is 0 Å². The van der Waals surface area contributed by atoms with Gasteiger partial charge in [-0.25, -0.2) is 31.3 Å². The second kappa shape index (κ2) is 13.4. The average molecular weight is 708 g/mol. The van der Waals surface area contributed by atoms with Gasteiger partial charge in [-0.3, -0.25) is 9.69 Å². The molecule has 50 heavy (non-hydrogen) atoms. The maximum atomic E-state index is 15.6. The van der Waals surface area contributed by atoms with Crippen molar-refractivity contribution >= 4 is 27.0 Å². The standard InChI is InChI=1S/C38H44F3N5O3S/c1-24(2)43-50(48,49)34-14-13-31(40)35(36(34)41)37(47)44-18-15-38(16-19-44,26-7-6-8-27(39)21-26)17-20-45-28-11-12-29(45)23-30(22-28)46-25(3)42-32-9-4-5-10-33(32)46/h4-10,13-14,21,24,28-30,43H,11-12,15-20,22-23H2,1-3H3/t28-,29+,30?. The normalized spacial score (nSPS) is 22.5. The summed E-state index contributed by atoms with van der Waals surface area (Å²) in [5.74, 6) is -2.70. The topological polar surface area (TPSA) is 87.5 Å². The number of para-hydroxylation sites is 2. The molecule has 1 aromatic heterocycles. The first kappa shape index (κ1) is 34.7. The van der Waals surface area contributed by atoms with Crippen LogP contribution in [-0.2, 0) is 15.4 Å². The highest BCUT2D eigenvalue weighted by Gasteiger charge is 2.45. The lowest BCUT2D eigenvalue weighted by molar-refractivity contribution is 0.0598. The molecule has 3 aliphatic rings. The molecule has 12 heteroatoms. The molecule has 4 heterocycles. The van der Waals surface area contributed by atoms with Gasteiger partial charge in [-0.1, -0.05) is 24.3 Å².